The van der Waals surface area contributed by atoms with Crippen molar-refractivity contribution in [3.05, 3.63) is 0 Å². The van der Waals surface area contributed by atoms with E-state index in [2.05, 4.69) is 19.4 Å². The zero-order chi connectivity index (χ0) is 29.7. The van der Waals surface area contributed by atoms with Crippen molar-refractivity contribution >= 4 is 8.53 Å². The van der Waals surface area contributed by atoms with Gasteiger partial charge in [0.2, 0.25) is 8.53 Å². The highest BCUT2D eigenvalue weighted by Gasteiger charge is 2.48. The van der Waals surface area contributed by atoms with Crippen LogP contribution in [0.1, 0.15) is 168 Å². The fourth-order valence-corrected chi connectivity index (χ4v) is 5.41. The molecular weight excluding hydrogens is 513 g/mol. The Labute approximate surface area is 243 Å². The van der Waals surface area contributed by atoms with Crippen molar-refractivity contribution in [3.8, 4) is 0 Å². The minimum absolute atomic E-state index is 0.382. The van der Waals surface area contributed by atoms with Crippen LogP contribution in [0.25, 0.3) is 0 Å². The normalized spacial score (nSPS) is 12.2. The van der Waals surface area contributed by atoms with E-state index in [1.165, 1.54) is 116 Å². The van der Waals surface area contributed by atoms with Crippen molar-refractivity contribution < 1.29 is 30.2 Å². The summed E-state index contributed by atoms with van der Waals surface area (Å²) in [7, 11) is -2.12. The van der Waals surface area contributed by atoms with Crippen molar-refractivity contribution in [3.63, 3.8) is 0 Å². The summed E-state index contributed by atoms with van der Waals surface area (Å²) in [5, 5.41) is 41.5. The van der Waals surface area contributed by atoms with Gasteiger partial charge in [-0.2, -0.15) is 0 Å². The third-order valence-electron chi connectivity index (χ3n) is 8.28. The van der Waals surface area contributed by atoms with Gasteiger partial charge in [-0.25, -0.2) is 0 Å². The Kier molecular flexibility index (Phi) is 31.4. The lowest BCUT2D eigenvalue weighted by Gasteiger charge is -2.44. The second kappa shape index (κ2) is 29.6. The number of rotatable bonds is 28. The van der Waals surface area contributed by atoms with E-state index in [9.17, 15) is 20.4 Å². The van der Waals surface area contributed by atoms with E-state index in [1.807, 2.05) is 0 Å². The average molecular weight is 582 g/mol. The van der Waals surface area contributed by atoms with Crippen molar-refractivity contribution in [2.45, 2.75) is 174 Å². The quantitative estimate of drug-likeness (QED) is 0.0380. The molecule has 0 radical (unpaired) electrons. The molecule has 0 saturated heterocycles. The van der Waals surface area contributed by atoms with Crippen LogP contribution in [-0.2, 0) is 0 Å². The largest absolute Gasteiger partial charge is 0.395 e. The molecule has 8 heteroatoms. The first-order valence-electron chi connectivity index (χ1n) is 16.3. The third kappa shape index (κ3) is 23.4. The Morgan fingerprint density at radius 3 is 0.872 bits per heavy atom. The van der Waals surface area contributed by atoms with Gasteiger partial charge in [0.15, 0.2) is 0 Å². The van der Waals surface area contributed by atoms with Crippen molar-refractivity contribution in [2.24, 2.45) is 10.9 Å². The van der Waals surface area contributed by atoms with Gasteiger partial charge in [-0.3, -0.25) is 5.50 Å². The van der Waals surface area contributed by atoms with E-state index in [0.29, 0.717) is 12.8 Å². The van der Waals surface area contributed by atoms with Crippen LogP contribution in [0.15, 0.2) is 0 Å². The van der Waals surface area contributed by atoms with Crippen LogP contribution in [0.2, 0.25) is 0 Å². The van der Waals surface area contributed by atoms with E-state index >= 15 is 0 Å². The molecule has 0 aliphatic rings. The number of hydrogen-bond donors (Lipinski definition) is 7. The molecule has 39 heavy (non-hydrogen) atoms. The van der Waals surface area contributed by atoms with Gasteiger partial charge in [0.25, 0.3) is 0 Å². The van der Waals surface area contributed by atoms with Gasteiger partial charge >= 0.3 is 0 Å². The Hall–Kier alpha value is 0.150. The standard InChI is InChI=1S/C31H64O4.H4NO2P/c1-3-5-7-9-11-13-15-17-19-21-23-25-31(35,30(27-32,28-33)29-34)26-24-22-20-18-16-14-12-10-8-6-4-2;1-4(2)3/h32-35H,3-29H2,1-2H3;2-3H,1H2. The lowest BCUT2D eigenvalue weighted by Crippen LogP contribution is -2.55. The van der Waals surface area contributed by atoms with Crippen molar-refractivity contribution in [2.75, 3.05) is 19.8 Å². The lowest BCUT2D eigenvalue weighted by molar-refractivity contribution is -0.162. The summed E-state index contributed by atoms with van der Waals surface area (Å²) in [6, 6.07) is 0. The van der Waals surface area contributed by atoms with Gasteiger partial charge in [-0.1, -0.05) is 155 Å². The molecule has 0 amide bonds. The first-order valence-corrected chi connectivity index (χ1v) is 17.6. The van der Waals surface area contributed by atoms with Gasteiger partial charge in [-0.05, 0) is 12.8 Å². The number of unbranched alkanes of at least 4 members (excludes halogenated alkanes) is 20. The molecule has 0 aliphatic carbocycles. The van der Waals surface area contributed by atoms with Crippen molar-refractivity contribution in [1.29, 1.82) is 0 Å². The molecule has 0 saturated carbocycles. The molecular formula is C31H68NO6P. The van der Waals surface area contributed by atoms with Crippen LogP contribution in [0.3, 0.4) is 0 Å². The highest BCUT2D eigenvalue weighted by Crippen LogP contribution is 2.39. The van der Waals surface area contributed by atoms with Crippen LogP contribution < -0.4 is 5.50 Å². The summed E-state index contributed by atoms with van der Waals surface area (Å²) < 4.78 is 0. The van der Waals surface area contributed by atoms with Gasteiger partial charge in [0.1, 0.15) is 0 Å². The zero-order valence-electron chi connectivity index (χ0n) is 25.8. The molecule has 0 spiro atoms. The van der Waals surface area contributed by atoms with Gasteiger partial charge in [0, 0.05) is 0 Å². The van der Waals surface area contributed by atoms with Crippen LogP contribution in [0, 0.1) is 5.41 Å². The first kappa shape index (κ1) is 41.3. The highest BCUT2D eigenvalue weighted by molar-refractivity contribution is 7.42. The lowest BCUT2D eigenvalue weighted by atomic mass is 9.68. The molecule has 0 unspecified atom stereocenters. The van der Waals surface area contributed by atoms with Crippen LogP contribution in [0.5, 0.6) is 0 Å². The Bertz CT molecular complexity index is 443. The second-order valence-corrected chi connectivity index (χ2v) is 12.3. The number of nitrogens with two attached hydrogens (primary N) is 1. The molecule has 0 aliphatic heterocycles. The van der Waals surface area contributed by atoms with Gasteiger partial charge in [0.05, 0.1) is 30.8 Å². The molecule has 0 aromatic carbocycles. The summed E-state index contributed by atoms with van der Waals surface area (Å²) in [6.45, 7) is 3.36. The third-order valence-corrected chi connectivity index (χ3v) is 8.28. The van der Waals surface area contributed by atoms with E-state index in [4.69, 9.17) is 9.79 Å². The molecule has 0 atom stereocenters. The van der Waals surface area contributed by atoms with Gasteiger partial charge in [-0.15, -0.1) is 0 Å². The van der Waals surface area contributed by atoms with E-state index in [0.717, 1.165) is 25.7 Å². The molecule has 8 N–H and O–H groups in total. The number of hydrogen-bond acceptors (Lipinski definition) is 7. The molecule has 0 fully saturated rings. The highest BCUT2D eigenvalue weighted by atomic mass is 31.2. The minimum Gasteiger partial charge on any atom is -0.395 e. The second-order valence-electron chi connectivity index (χ2n) is 11.7. The average Bonchev–Trinajstić information content (AvgIpc) is 2.91. The molecule has 0 heterocycles. The predicted molar refractivity (Wildman–Crippen MR) is 166 cm³/mol. The Morgan fingerprint density at radius 1 is 0.462 bits per heavy atom. The van der Waals surface area contributed by atoms with Crippen LogP contribution in [-0.4, -0.2) is 55.6 Å². The monoisotopic (exact) mass is 581 g/mol. The SMILES string of the molecule is CCCCCCCCCCCCCC(O)(CCCCCCCCCCCCC)C(CO)(CO)CO.NP(O)O. The number of aliphatic hydroxyl groups excluding tert-OH is 3. The smallest absolute Gasteiger partial charge is 0.247 e. The fourth-order valence-electron chi connectivity index (χ4n) is 5.41. The Morgan fingerprint density at radius 2 is 0.667 bits per heavy atom. The van der Waals surface area contributed by atoms with Crippen LogP contribution in [0.4, 0.5) is 0 Å². The summed E-state index contributed by atoms with van der Waals surface area (Å²) in [5.41, 5.74) is 1.86. The van der Waals surface area contributed by atoms with E-state index < -0.39 is 19.5 Å². The molecule has 7 nitrogen and oxygen atoms in total. The first-order chi connectivity index (χ1) is 18.8. The molecule has 0 aromatic rings. The number of aliphatic hydroxyl groups is 4. The summed E-state index contributed by atoms with van der Waals surface area (Å²) in [6.07, 6.45) is 28.6. The van der Waals surface area contributed by atoms with E-state index in [1.54, 1.807) is 0 Å². The maximum atomic E-state index is 11.5. The maximum Gasteiger partial charge on any atom is 0.247 e. The molecule has 0 rings (SSSR count). The van der Waals surface area contributed by atoms with E-state index in [-0.39, 0.29) is 19.8 Å². The fraction of sp³-hybridized carbons (Fsp3) is 1.00. The van der Waals surface area contributed by atoms with Crippen molar-refractivity contribution in [1.82, 2.24) is 0 Å². The molecule has 238 valence electrons. The van der Waals surface area contributed by atoms with Crippen LogP contribution >= 0.6 is 8.53 Å². The maximum absolute atomic E-state index is 11.5. The predicted octanol–water partition coefficient (Wildman–Crippen LogP) is 7.24. The van der Waals surface area contributed by atoms with Gasteiger partial charge < -0.3 is 30.2 Å². The Balaban J connectivity index is 0. The molecule has 0 bridgehead atoms. The summed E-state index contributed by atoms with van der Waals surface area (Å²) in [4.78, 5) is 14.9. The summed E-state index contributed by atoms with van der Waals surface area (Å²) in [5.74, 6) is 0. The zero-order valence-corrected chi connectivity index (χ0v) is 26.7. The molecule has 0 aromatic heterocycles. The topological polar surface area (TPSA) is 147 Å². The minimum atomic E-state index is -2.12. The summed E-state index contributed by atoms with van der Waals surface area (Å²) >= 11 is 0.